The Labute approximate surface area is 132 Å². The van der Waals surface area contributed by atoms with Gasteiger partial charge in [0, 0.05) is 18.5 Å². The van der Waals surface area contributed by atoms with Crippen molar-refractivity contribution in [3.05, 3.63) is 52.7 Å². The summed E-state index contributed by atoms with van der Waals surface area (Å²) in [7, 11) is 1.36. The van der Waals surface area contributed by atoms with E-state index in [0.29, 0.717) is 21.9 Å². The number of pyridine rings is 1. The number of aryl methyl sites for hydroxylation is 1. The maximum atomic E-state index is 12.9. The maximum absolute atomic E-state index is 12.9. The predicted molar refractivity (Wildman–Crippen MR) is 81.0 cm³/mol. The molecule has 3 heterocycles. The van der Waals surface area contributed by atoms with Crippen molar-refractivity contribution in [2.75, 3.05) is 0 Å². The number of H-pyrrole nitrogens is 1. The van der Waals surface area contributed by atoms with Gasteiger partial charge in [0.15, 0.2) is 5.69 Å². The molecule has 1 N–H and O–H groups in total. The number of imidazole rings is 1. The highest BCUT2D eigenvalue weighted by Gasteiger charge is 2.35. The van der Waals surface area contributed by atoms with Gasteiger partial charge in [-0.2, -0.15) is 18.3 Å². The van der Waals surface area contributed by atoms with Crippen molar-refractivity contribution in [3.8, 4) is 5.82 Å². The van der Waals surface area contributed by atoms with Gasteiger partial charge in [-0.3, -0.25) is 9.67 Å². The van der Waals surface area contributed by atoms with E-state index in [0.717, 1.165) is 10.7 Å². The minimum Gasteiger partial charge on any atom is -0.304 e. The van der Waals surface area contributed by atoms with Crippen molar-refractivity contribution >= 4 is 21.9 Å². The molecule has 6 nitrogen and oxygen atoms in total. The summed E-state index contributed by atoms with van der Waals surface area (Å²) in [6.45, 7) is 0. The largest absolute Gasteiger partial charge is 0.435 e. The Hall–Kier alpha value is -3.10. The Kier molecular flexibility index (Phi) is 2.84. The Morgan fingerprint density at radius 3 is 2.67 bits per heavy atom. The van der Waals surface area contributed by atoms with E-state index < -0.39 is 17.6 Å². The summed E-state index contributed by atoms with van der Waals surface area (Å²) >= 11 is 0. The van der Waals surface area contributed by atoms with Crippen LogP contribution < -0.4 is 5.69 Å². The SMILES string of the molecule is Cn1nc(C(F)(F)F)cc1-n1c(=O)[nH]c2cnc3ccccc3c21. The van der Waals surface area contributed by atoms with Crippen LogP contribution in [0.1, 0.15) is 5.69 Å². The van der Waals surface area contributed by atoms with Gasteiger partial charge >= 0.3 is 11.9 Å². The predicted octanol–water partition coefficient (Wildman–Crippen LogP) is 2.62. The molecule has 4 rings (SSSR count). The Balaban J connectivity index is 2.11. The number of aromatic nitrogens is 5. The number of para-hydroxylation sites is 1. The normalized spacial score (nSPS) is 12.3. The van der Waals surface area contributed by atoms with Crippen molar-refractivity contribution in [3.63, 3.8) is 0 Å². The maximum Gasteiger partial charge on any atom is 0.435 e. The molecule has 0 atom stereocenters. The number of halogens is 3. The van der Waals surface area contributed by atoms with Gasteiger partial charge in [0.05, 0.1) is 22.7 Å². The number of alkyl halides is 3. The fourth-order valence-electron chi connectivity index (χ4n) is 2.76. The highest BCUT2D eigenvalue weighted by Crippen LogP contribution is 2.30. The van der Waals surface area contributed by atoms with Gasteiger partial charge in [-0.25, -0.2) is 9.36 Å². The smallest absolute Gasteiger partial charge is 0.304 e. The molecule has 9 heteroatoms. The van der Waals surface area contributed by atoms with Gasteiger partial charge in [-0.1, -0.05) is 18.2 Å². The summed E-state index contributed by atoms with van der Waals surface area (Å²) in [5.41, 5.74) is -0.0776. The van der Waals surface area contributed by atoms with Crippen LogP contribution in [0.25, 0.3) is 27.8 Å². The quantitative estimate of drug-likeness (QED) is 0.582. The van der Waals surface area contributed by atoms with Crippen LogP contribution in [0.4, 0.5) is 13.2 Å². The number of nitrogens with zero attached hydrogens (tertiary/aromatic N) is 4. The second kappa shape index (κ2) is 4.70. The topological polar surface area (TPSA) is 68.5 Å². The molecular formula is C15H10F3N5O. The molecule has 0 amide bonds. The van der Waals surface area contributed by atoms with E-state index >= 15 is 0 Å². The monoisotopic (exact) mass is 333 g/mol. The Morgan fingerprint density at radius 1 is 1.21 bits per heavy atom. The van der Waals surface area contributed by atoms with Crippen molar-refractivity contribution in [2.24, 2.45) is 7.05 Å². The molecule has 0 saturated carbocycles. The number of hydrogen-bond acceptors (Lipinski definition) is 3. The van der Waals surface area contributed by atoms with Crippen LogP contribution in [0.2, 0.25) is 0 Å². The number of aromatic amines is 1. The molecule has 1 aromatic carbocycles. The lowest BCUT2D eigenvalue weighted by atomic mass is 10.2. The zero-order valence-electron chi connectivity index (χ0n) is 12.3. The van der Waals surface area contributed by atoms with Crippen LogP contribution in [0.15, 0.2) is 41.3 Å². The molecule has 0 aliphatic rings. The highest BCUT2D eigenvalue weighted by atomic mass is 19.4. The Morgan fingerprint density at radius 2 is 1.96 bits per heavy atom. The molecule has 0 radical (unpaired) electrons. The fourth-order valence-corrected chi connectivity index (χ4v) is 2.76. The first-order valence-corrected chi connectivity index (χ1v) is 6.96. The van der Waals surface area contributed by atoms with E-state index in [4.69, 9.17) is 0 Å². The van der Waals surface area contributed by atoms with Crippen LogP contribution in [0.3, 0.4) is 0 Å². The van der Waals surface area contributed by atoms with Crippen molar-refractivity contribution in [1.82, 2.24) is 24.3 Å². The number of hydrogen-bond donors (Lipinski definition) is 1. The van der Waals surface area contributed by atoms with Gasteiger partial charge in [-0.05, 0) is 6.07 Å². The van der Waals surface area contributed by atoms with Crippen LogP contribution in [-0.4, -0.2) is 24.3 Å². The molecule has 24 heavy (non-hydrogen) atoms. The molecule has 0 spiro atoms. The van der Waals surface area contributed by atoms with E-state index in [1.54, 1.807) is 24.3 Å². The second-order valence-corrected chi connectivity index (χ2v) is 5.31. The second-order valence-electron chi connectivity index (χ2n) is 5.31. The van der Waals surface area contributed by atoms with E-state index in [2.05, 4.69) is 15.1 Å². The van der Waals surface area contributed by atoms with Gasteiger partial charge < -0.3 is 4.98 Å². The fraction of sp³-hybridized carbons (Fsp3) is 0.133. The van der Waals surface area contributed by atoms with E-state index in [-0.39, 0.29) is 5.82 Å². The minimum absolute atomic E-state index is 0.0231. The first kappa shape index (κ1) is 14.5. The highest BCUT2D eigenvalue weighted by molar-refractivity contribution is 6.02. The summed E-state index contributed by atoms with van der Waals surface area (Å²) in [5.74, 6) is 0.0231. The molecule has 3 aromatic heterocycles. The minimum atomic E-state index is -4.59. The number of benzene rings is 1. The van der Waals surface area contributed by atoms with E-state index in [1.807, 2.05) is 0 Å². The molecule has 0 fully saturated rings. The molecule has 0 aliphatic carbocycles. The molecule has 122 valence electrons. The van der Waals surface area contributed by atoms with Crippen LogP contribution in [0, 0.1) is 0 Å². The molecule has 4 aromatic rings. The third kappa shape index (κ3) is 2.01. The van der Waals surface area contributed by atoms with E-state index in [9.17, 15) is 18.0 Å². The van der Waals surface area contributed by atoms with Gasteiger partial charge in [-0.15, -0.1) is 0 Å². The average molecular weight is 333 g/mol. The van der Waals surface area contributed by atoms with Crippen molar-refractivity contribution < 1.29 is 13.2 Å². The molecule has 0 saturated heterocycles. The summed E-state index contributed by atoms with van der Waals surface area (Å²) in [5, 5.41) is 4.12. The molecule has 0 unspecified atom stereocenters. The third-order valence-electron chi connectivity index (χ3n) is 3.79. The van der Waals surface area contributed by atoms with Crippen LogP contribution in [0.5, 0.6) is 0 Å². The first-order valence-electron chi connectivity index (χ1n) is 6.96. The summed E-state index contributed by atoms with van der Waals surface area (Å²) in [6.07, 6.45) is -3.11. The van der Waals surface area contributed by atoms with E-state index in [1.165, 1.54) is 17.8 Å². The summed E-state index contributed by atoms with van der Waals surface area (Å²) in [6, 6.07) is 7.94. The molecule has 0 aliphatic heterocycles. The summed E-state index contributed by atoms with van der Waals surface area (Å²) < 4.78 is 40.9. The zero-order chi connectivity index (χ0) is 17.1. The lowest BCUT2D eigenvalue weighted by molar-refractivity contribution is -0.141. The zero-order valence-corrected chi connectivity index (χ0v) is 12.3. The molecule has 0 bridgehead atoms. The molecular weight excluding hydrogens is 323 g/mol. The van der Waals surface area contributed by atoms with Crippen LogP contribution >= 0.6 is 0 Å². The van der Waals surface area contributed by atoms with Gasteiger partial charge in [0.25, 0.3) is 0 Å². The van der Waals surface area contributed by atoms with Crippen LogP contribution in [-0.2, 0) is 13.2 Å². The lowest BCUT2D eigenvalue weighted by Crippen LogP contribution is -2.17. The number of rotatable bonds is 1. The number of nitrogens with one attached hydrogen (secondary N) is 1. The van der Waals surface area contributed by atoms with Gasteiger partial charge in [0.1, 0.15) is 5.82 Å². The third-order valence-corrected chi connectivity index (χ3v) is 3.79. The first-order chi connectivity index (χ1) is 11.4. The average Bonchev–Trinajstić information content (AvgIpc) is 3.06. The number of fused-ring (bicyclic) bond motifs is 3. The Bertz CT molecular complexity index is 1140. The standard InChI is InChI=1S/C15H10F3N5O/c1-22-12(6-11(21-22)15(16,17)18)23-13-8-4-2-3-5-9(8)19-7-10(13)20-14(23)24/h2-7H,1H3,(H,20,24). The lowest BCUT2D eigenvalue weighted by Gasteiger charge is -2.05. The summed E-state index contributed by atoms with van der Waals surface area (Å²) in [4.78, 5) is 19.2. The van der Waals surface area contributed by atoms with Crippen molar-refractivity contribution in [1.29, 1.82) is 0 Å². The van der Waals surface area contributed by atoms with Crippen molar-refractivity contribution in [2.45, 2.75) is 6.18 Å². The van der Waals surface area contributed by atoms with Gasteiger partial charge in [0.2, 0.25) is 0 Å².